The first kappa shape index (κ1) is 6.18. The lowest BCUT2D eigenvalue weighted by Gasteiger charge is -1.71. The van der Waals surface area contributed by atoms with Gasteiger partial charge in [-0.25, -0.2) is 0 Å². The van der Waals surface area contributed by atoms with Gasteiger partial charge in [-0.15, -0.1) is 0 Å². The minimum atomic E-state index is 0.763. The summed E-state index contributed by atoms with van der Waals surface area (Å²) in [6.07, 6.45) is 1.53. The molecule has 0 aliphatic heterocycles. The summed E-state index contributed by atoms with van der Waals surface area (Å²) in [6.45, 7) is 0. The molecule has 2 heteroatoms. The van der Waals surface area contributed by atoms with Gasteiger partial charge in [-0.05, 0) is 12.8 Å². The molecule has 0 N–H and O–H groups in total. The van der Waals surface area contributed by atoms with Crippen LogP contribution in [-0.4, -0.2) is 10.7 Å². The number of unbranched alkanes of at least 4 members (excludes halogenated alkanes) is 1. The third-order valence-electron chi connectivity index (χ3n) is 0.329. The molecule has 0 bridgehead atoms. The van der Waals surface area contributed by atoms with Crippen molar-refractivity contribution in [2.24, 2.45) is 0 Å². The van der Waals surface area contributed by atoms with E-state index < -0.39 is 0 Å². The highest BCUT2D eigenvalue weighted by atomic mass is 32.1. The van der Waals surface area contributed by atoms with E-state index in [1.807, 2.05) is 0 Å². The third-order valence-corrected chi connectivity index (χ3v) is 0.737. The maximum absolute atomic E-state index is 4.38. The van der Waals surface area contributed by atoms with Crippen LogP contribution < -0.4 is 0 Å². The molecule has 0 aromatic rings. The van der Waals surface area contributed by atoms with Crippen LogP contribution in [0.4, 0.5) is 0 Å². The van der Waals surface area contributed by atoms with Crippen LogP contribution in [-0.2, 0) is 0 Å². The summed E-state index contributed by atoms with van der Waals surface area (Å²) in [4.78, 5) is 0. The van der Waals surface area contributed by atoms with Gasteiger partial charge in [0.05, 0.1) is 0 Å². The fourth-order valence-corrected chi connectivity index (χ4v) is 0.306. The molecule has 0 heterocycles. The minimum Gasteiger partial charge on any atom is -0.0837 e. The van der Waals surface area contributed by atoms with E-state index >= 15 is 0 Å². The van der Waals surface area contributed by atoms with Crippen LogP contribution in [0.1, 0.15) is 12.8 Å². The van der Waals surface area contributed by atoms with Crippen LogP contribution in [0.25, 0.3) is 0 Å². The lowest BCUT2D eigenvalue weighted by molar-refractivity contribution is 1.23. The molecule has 0 atom stereocenters. The Hall–Kier alpha value is 0.180. The standard InChI is InChI=1S/C4H4S2/c5-3-1-2-4-6/h1-2H2. The van der Waals surface area contributed by atoms with Crippen LogP contribution in [0.15, 0.2) is 0 Å². The lowest BCUT2D eigenvalue weighted by atomic mass is 10.4. The molecule has 0 saturated heterocycles. The van der Waals surface area contributed by atoms with Gasteiger partial charge in [-0.2, -0.15) is 0 Å². The number of thiocarbonyl (C=S) groups is 2. The Balaban J connectivity index is 2.66. The van der Waals surface area contributed by atoms with Gasteiger partial charge in [-0.3, -0.25) is 0 Å². The molecule has 2 radical (unpaired) electrons. The van der Waals surface area contributed by atoms with E-state index in [9.17, 15) is 0 Å². The molecule has 0 aliphatic carbocycles. The second-order valence-electron chi connectivity index (χ2n) is 0.789. The van der Waals surface area contributed by atoms with Crippen molar-refractivity contribution in [3.05, 3.63) is 0 Å². The molecular weight excluding hydrogens is 112 g/mol. The van der Waals surface area contributed by atoms with Crippen molar-refractivity contribution in [2.75, 3.05) is 0 Å². The highest BCUT2D eigenvalue weighted by molar-refractivity contribution is 7.79. The molecule has 0 rings (SSSR count). The monoisotopic (exact) mass is 116 g/mol. The zero-order valence-electron chi connectivity index (χ0n) is 3.23. The smallest absolute Gasteiger partial charge is 0.0295 e. The highest BCUT2D eigenvalue weighted by Crippen LogP contribution is 1.77. The Bertz CT molecular complexity index is 41.5. The van der Waals surface area contributed by atoms with E-state index in [1.54, 1.807) is 0 Å². The zero-order chi connectivity index (χ0) is 4.83. The molecule has 0 amide bonds. The molecule has 32 valence electrons. The second kappa shape index (κ2) is 5.18. The van der Waals surface area contributed by atoms with Gasteiger partial charge in [0.2, 0.25) is 0 Å². The average Bonchev–Trinajstić information content (AvgIpc) is 1.61. The van der Waals surface area contributed by atoms with Crippen LogP contribution in [0.2, 0.25) is 0 Å². The number of hydrogen-bond acceptors (Lipinski definition) is 2. The minimum absolute atomic E-state index is 0.763. The lowest BCUT2D eigenvalue weighted by Crippen LogP contribution is -1.69. The average molecular weight is 116 g/mol. The third kappa shape index (κ3) is 4.18. The van der Waals surface area contributed by atoms with Gasteiger partial charge in [0.1, 0.15) is 0 Å². The SMILES string of the molecule is S=[C]CC[C]=S. The zero-order valence-corrected chi connectivity index (χ0v) is 4.86. The summed E-state index contributed by atoms with van der Waals surface area (Å²) >= 11 is 8.76. The molecular formula is C4H4S2. The summed E-state index contributed by atoms with van der Waals surface area (Å²) in [7, 11) is 0. The van der Waals surface area contributed by atoms with E-state index in [1.165, 1.54) is 0 Å². The molecule has 0 unspecified atom stereocenters. The highest BCUT2D eigenvalue weighted by Gasteiger charge is 1.71. The van der Waals surface area contributed by atoms with Crippen molar-refractivity contribution in [2.45, 2.75) is 12.8 Å². The summed E-state index contributed by atoms with van der Waals surface area (Å²) < 4.78 is 0. The molecule has 6 heavy (non-hydrogen) atoms. The van der Waals surface area contributed by atoms with E-state index in [-0.39, 0.29) is 0 Å². The topological polar surface area (TPSA) is 0 Å². The fourth-order valence-electron chi connectivity index (χ4n) is 0.102. The molecule has 0 nitrogen and oxygen atoms in total. The van der Waals surface area contributed by atoms with E-state index in [0.29, 0.717) is 0 Å². The first-order valence-corrected chi connectivity index (χ1v) is 2.43. The van der Waals surface area contributed by atoms with Crippen LogP contribution >= 0.6 is 24.4 Å². The van der Waals surface area contributed by atoms with Gasteiger partial charge in [0.25, 0.3) is 0 Å². The van der Waals surface area contributed by atoms with Gasteiger partial charge >= 0.3 is 0 Å². The first-order valence-electron chi connectivity index (χ1n) is 1.62. The van der Waals surface area contributed by atoms with Crippen LogP contribution in [0.3, 0.4) is 0 Å². The molecule has 0 saturated carbocycles. The fraction of sp³-hybridized carbons (Fsp3) is 0.500. The van der Waals surface area contributed by atoms with Crippen molar-refractivity contribution in [3.63, 3.8) is 0 Å². The molecule has 0 aromatic carbocycles. The van der Waals surface area contributed by atoms with Crippen molar-refractivity contribution in [1.29, 1.82) is 0 Å². The van der Waals surface area contributed by atoms with Gasteiger partial charge in [-0.1, -0.05) is 24.4 Å². The Labute approximate surface area is 48.6 Å². The molecule has 0 spiro atoms. The normalized spacial score (nSPS) is 7.33. The van der Waals surface area contributed by atoms with Gasteiger partial charge < -0.3 is 0 Å². The molecule has 0 fully saturated rings. The van der Waals surface area contributed by atoms with Gasteiger partial charge in [0, 0.05) is 10.7 Å². The quantitative estimate of drug-likeness (QED) is 0.405. The van der Waals surface area contributed by atoms with Crippen LogP contribution in [0, 0.1) is 0 Å². The summed E-state index contributed by atoms with van der Waals surface area (Å²) in [5, 5.41) is 5.05. The van der Waals surface area contributed by atoms with E-state index in [0.717, 1.165) is 12.8 Å². The summed E-state index contributed by atoms with van der Waals surface area (Å²) in [6, 6.07) is 0. The van der Waals surface area contributed by atoms with E-state index in [4.69, 9.17) is 0 Å². The first-order chi connectivity index (χ1) is 2.91. The molecule has 0 aliphatic rings. The molecule has 0 aromatic heterocycles. The number of hydrogen-bond donors (Lipinski definition) is 0. The Morgan fingerprint density at radius 2 is 1.33 bits per heavy atom. The van der Waals surface area contributed by atoms with Gasteiger partial charge in [0.15, 0.2) is 0 Å². The van der Waals surface area contributed by atoms with E-state index in [2.05, 4.69) is 35.2 Å². The maximum atomic E-state index is 4.38. The van der Waals surface area contributed by atoms with Crippen molar-refractivity contribution in [3.8, 4) is 0 Å². The second-order valence-corrected chi connectivity index (χ2v) is 1.37. The van der Waals surface area contributed by atoms with Crippen molar-refractivity contribution in [1.82, 2.24) is 0 Å². The Morgan fingerprint density at radius 3 is 1.50 bits per heavy atom. The van der Waals surface area contributed by atoms with Crippen molar-refractivity contribution < 1.29 is 0 Å². The number of rotatable bonds is 3. The summed E-state index contributed by atoms with van der Waals surface area (Å²) in [5.41, 5.74) is 0. The largest absolute Gasteiger partial charge is 0.0837 e. The predicted octanol–water partition coefficient (Wildman–Crippen LogP) is 1.52. The van der Waals surface area contributed by atoms with Crippen LogP contribution in [0.5, 0.6) is 0 Å². The van der Waals surface area contributed by atoms with Crippen molar-refractivity contribution >= 4 is 35.2 Å². The predicted molar refractivity (Wildman–Crippen MR) is 34.4 cm³/mol. The maximum Gasteiger partial charge on any atom is 0.0295 e. The summed E-state index contributed by atoms with van der Waals surface area (Å²) in [5.74, 6) is 0. The Kier molecular flexibility index (Phi) is 5.34. The Morgan fingerprint density at radius 1 is 1.00 bits per heavy atom.